The molecule has 27 heavy (non-hydrogen) atoms. The number of halogens is 1. The molecule has 4 rings (SSSR count). The van der Waals surface area contributed by atoms with Crippen LogP contribution in [0.1, 0.15) is 24.8 Å². The standard InChI is InChI=1S/C20H27ClN4O2/c21-17-3-1-2-4-18(17)25-13-15(11-22-25)12-23-8-7-19(20(27)14-23)24-9-5-16(26)6-10-24/h1-4,11,13,16,19-20,26-27H,5-10,12,14H2/t19-,20-/m1/s1. The smallest absolute Gasteiger partial charge is 0.0831 e. The van der Waals surface area contributed by atoms with Crippen LogP contribution in [0, 0.1) is 0 Å². The Morgan fingerprint density at radius 1 is 1.07 bits per heavy atom. The SMILES string of the molecule is OC1CCN([C@@H]2CCN(Cc3cnn(-c4ccccc4Cl)c3)C[C@H]2O)CC1. The van der Waals surface area contributed by atoms with Crippen LogP contribution in [0.4, 0.5) is 0 Å². The molecule has 2 fully saturated rings. The van der Waals surface area contributed by atoms with Crippen LogP contribution in [-0.4, -0.2) is 74.2 Å². The van der Waals surface area contributed by atoms with Gasteiger partial charge in [0.05, 0.1) is 29.1 Å². The van der Waals surface area contributed by atoms with Crippen LogP contribution in [0.3, 0.4) is 0 Å². The molecule has 0 unspecified atom stereocenters. The van der Waals surface area contributed by atoms with E-state index in [0.29, 0.717) is 11.6 Å². The van der Waals surface area contributed by atoms with E-state index in [9.17, 15) is 10.2 Å². The molecule has 0 saturated carbocycles. The van der Waals surface area contributed by atoms with Crippen molar-refractivity contribution in [3.8, 4) is 5.69 Å². The zero-order chi connectivity index (χ0) is 18.8. The highest BCUT2D eigenvalue weighted by molar-refractivity contribution is 6.32. The van der Waals surface area contributed by atoms with E-state index in [1.54, 1.807) is 4.68 Å². The average molecular weight is 391 g/mol. The number of hydrogen-bond acceptors (Lipinski definition) is 5. The van der Waals surface area contributed by atoms with Crippen molar-refractivity contribution in [3.63, 3.8) is 0 Å². The summed E-state index contributed by atoms with van der Waals surface area (Å²) in [6.07, 6.45) is 5.93. The van der Waals surface area contributed by atoms with Gasteiger partial charge in [-0.2, -0.15) is 5.10 Å². The van der Waals surface area contributed by atoms with E-state index in [4.69, 9.17) is 11.6 Å². The van der Waals surface area contributed by atoms with E-state index in [1.165, 1.54) is 0 Å². The van der Waals surface area contributed by atoms with Gasteiger partial charge >= 0.3 is 0 Å². The van der Waals surface area contributed by atoms with E-state index in [0.717, 1.165) is 56.7 Å². The van der Waals surface area contributed by atoms with Gasteiger partial charge in [-0.25, -0.2) is 4.68 Å². The van der Waals surface area contributed by atoms with E-state index < -0.39 is 0 Å². The van der Waals surface area contributed by atoms with Gasteiger partial charge in [0, 0.05) is 50.5 Å². The quantitative estimate of drug-likeness (QED) is 0.835. The number of nitrogens with zero attached hydrogens (tertiary/aromatic N) is 4. The zero-order valence-electron chi connectivity index (χ0n) is 15.4. The molecule has 1 aromatic heterocycles. The first kappa shape index (κ1) is 18.9. The molecular weight excluding hydrogens is 364 g/mol. The summed E-state index contributed by atoms with van der Waals surface area (Å²) in [5.74, 6) is 0. The number of aromatic nitrogens is 2. The van der Waals surface area contributed by atoms with Gasteiger partial charge in [-0.3, -0.25) is 9.80 Å². The lowest BCUT2D eigenvalue weighted by Crippen LogP contribution is -2.55. The molecule has 2 aliphatic rings. The topological polar surface area (TPSA) is 64.8 Å². The molecule has 2 saturated heterocycles. The van der Waals surface area contributed by atoms with Crippen LogP contribution in [0.5, 0.6) is 0 Å². The summed E-state index contributed by atoms with van der Waals surface area (Å²) >= 11 is 6.25. The summed E-state index contributed by atoms with van der Waals surface area (Å²) in [6.45, 7) is 4.16. The second-order valence-electron chi connectivity index (χ2n) is 7.67. The number of hydrogen-bond donors (Lipinski definition) is 2. The highest BCUT2D eigenvalue weighted by Gasteiger charge is 2.33. The molecule has 0 radical (unpaired) electrons. The molecule has 6 nitrogen and oxygen atoms in total. The molecule has 3 heterocycles. The third-order valence-corrected chi connectivity index (χ3v) is 6.06. The fourth-order valence-electron chi connectivity index (χ4n) is 4.24. The van der Waals surface area contributed by atoms with E-state index in [-0.39, 0.29) is 18.2 Å². The number of aliphatic hydroxyl groups excluding tert-OH is 2. The number of aliphatic hydroxyl groups is 2. The lowest BCUT2D eigenvalue weighted by molar-refractivity contribution is -0.0355. The molecule has 7 heteroatoms. The predicted octanol–water partition coefficient (Wildman–Crippen LogP) is 1.92. The average Bonchev–Trinajstić information content (AvgIpc) is 3.11. The number of benzene rings is 1. The molecule has 0 spiro atoms. The third kappa shape index (κ3) is 4.36. The molecule has 0 aliphatic carbocycles. The summed E-state index contributed by atoms with van der Waals surface area (Å²) in [5, 5.41) is 25.5. The normalized spacial score (nSPS) is 25.7. The zero-order valence-corrected chi connectivity index (χ0v) is 16.2. The third-order valence-electron chi connectivity index (χ3n) is 5.74. The largest absolute Gasteiger partial charge is 0.393 e. The maximum atomic E-state index is 10.7. The molecule has 2 aromatic rings. The Hall–Kier alpha value is -1.44. The number of β-amino-alcohol motifs (C(OH)–C–C–N with tert-alkyl or cyclic N) is 1. The van der Waals surface area contributed by atoms with Crippen LogP contribution in [0.2, 0.25) is 5.02 Å². The lowest BCUT2D eigenvalue weighted by atomic mass is 9.96. The van der Waals surface area contributed by atoms with E-state index in [1.807, 2.05) is 36.7 Å². The lowest BCUT2D eigenvalue weighted by Gasteiger charge is -2.43. The van der Waals surface area contributed by atoms with Crippen molar-refractivity contribution in [2.24, 2.45) is 0 Å². The summed E-state index contributed by atoms with van der Waals surface area (Å²) < 4.78 is 1.81. The van der Waals surface area contributed by atoms with Crippen LogP contribution >= 0.6 is 11.6 Å². The summed E-state index contributed by atoms with van der Waals surface area (Å²) in [4.78, 5) is 4.64. The number of piperidine rings is 2. The number of para-hydroxylation sites is 1. The summed E-state index contributed by atoms with van der Waals surface area (Å²) in [7, 11) is 0. The van der Waals surface area contributed by atoms with Crippen molar-refractivity contribution < 1.29 is 10.2 Å². The molecule has 2 N–H and O–H groups in total. The highest BCUT2D eigenvalue weighted by atomic mass is 35.5. The van der Waals surface area contributed by atoms with Gasteiger partial charge in [0.25, 0.3) is 0 Å². The Morgan fingerprint density at radius 3 is 2.59 bits per heavy atom. The van der Waals surface area contributed by atoms with Gasteiger partial charge in [-0.15, -0.1) is 0 Å². The first-order chi connectivity index (χ1) is 13.1. The van der Waals surface area contributed by atoms with Crippen molar-refractivity contribution >= 4 is 11.6 Å². The molecule has 146 valence electrons. The van der Waals surface area contributed by atoms with Crippen molar-refractivity contribution in [1.29, 1.82) is 0 Å². The second-order valence-corrected chi connectivity index (χ2v) is 8.08. The highest BCUT2D eigenvalue weighted by Crippen LogP contribution is 2.23. The number of rotatable bonds is 4. The monoisotopic (exact) mass is 390 g/mol. The first-order valence-corrected chi connectivity index (χ1v) is 10.1. The summed E-state index contributed by atoms with van der Waals surface area (Å²) in [6, 6.07) is 7.87. The summed E-state index contributed by atoms with van der Waals surface area (Å²) in [5.41, 5.74) is 1.98. The maximum absolute atomic E-state index is 10.7. The minimum Gasteiger partial charge on any atom is -0.393 e. The molecule has 2 aliphatic heterocycles. The van der Waals surface area contributed by atoms with Crippen molar-refractivity contribution in [2.45, 2.75) is 44.1 Å². The van der Waals surface area contributed by atoms with Crippen LogP contribution in [0.15, 0.2) is 36.7 Å². The van der Waals surface area contributed by atoms with E-state index in [2.05, 4.69) is 14.9 Å². The van der Waals surface area contributed by atoms with Crippen molar-refractivity contribution in [3.05, 3.63) is 47.2 Å². The molecule has 0 amide bonds. The van der Waals surface area contributed by atoms with Gasteiger partial charge in [0.2, 0.25) is 0 Å². The Labute approximate surface area is 165 Å². The fraction of sp³-hybridized carbons (Fsp3) is 0.550. The minimum absolute atomic E-state index is 0.173. The van der Waals surface area contributed by atoms with Crippen molar-refractivity contribution in [2.75, 3.05) is 26.2 Å². The minimum atomic E-state index is -0.354. The first-order valence-electron chi connectivity index (χ1n) is 9.71. The Kier molecular flexibility index (Phi) is 5.80. The van der Waals surface area contributed by atoms with Crippen LogP contribution in [-0.2, 0) is 6.54 Å². The van der Waals surface area contributed by atoms with Gasteiger partial charge in [0.15, 0.2) is 0 Å². The second kappa shape index (κ2) is 8.29. The van der Waals surface area contributed by atoms with Crippen LogP contribution in [0.25, 0.3) is 5.69 Å². The van der Waals surface area contributed by atoms with Gasteiger partial charge in [0.1, 0.15) is 0 Å². The molecule has 0 bridgehead atoms. The van der Waals surface area contributed by atoms with Gasteiger partial charge in [-0.1, -0.05) is 23.7 Å². The molecular formula is C20H27ClN4O2. The Morgan fingerprint density at radius 2 is 1.85 bits per heavy atom. The fourth-order valence-corrected chi connectivity index (χ4v) is 4.46. The van der Waals surface area contributed by atoms with Gasteiger partial charge < -0.3 is 10.2 Å². The Balaban J connectivity index is 1.34. The predicted molar refractivity (Wildman–Crippen MR) is 105 cm³/mol. The maximum Gasteiger partial charge on any atom is 0.0831 e. The molecule has 2 atom stereocenters. The van der Waals surface area contributed by atoms with Crippen molar-refractivity contribution in [1.82, 2.24) is 19.6 Å². The van der Waals surface area contributed by atoms with E-state index >= 15 is 0 Å². The van der Waals surface area contributed by atoms with Crippen LogP contribution < -0.4 is 0 Å². The molecule has 1 aromatic carbocycles. The Bertz CT molecular complexity index is 760. The number of likely N-dealkylation sites (tertiary alicyclic amines) is 2. The van der Waals surface area contributed by atoms with Gasteiger partial charge in [-0.05, 0) is 31.4 Å².